The normalized spacial score (nSPS) is 10.9. The van der Waals surface area contributed by atoms with Gasteiger partial charge in [0.2, 0.25) is 0 Å². The summed E-state index contributed by atoms with van der Waals surface area (Å²) in [5.41, 5.74) is 3.68. The molecular formula is C19H15N5OS. The Balaban J connectivity index is 2.01. The summed E-state index contributed by atoms with van der Waals surface area (Å²) < 4.78 is 2.22. The van der Waals surface area contributed by atoms with Crippen LogP contribution in [0.3, 0.4) is 0 Å². The third-order valence-corrected chi connectivity index (χ3v) is 4.72. The van der Waals surface area contributed by atoms with Crippen LogP contribution in [0, 0.1) is 16.1 Å². The number of aromatic amines is 2. The molecule has 0 saturated carbocycles. The molecule has 0 aliphatic rings. The van der Waals surface area contributed by atoms with Gasteiger partial charge in [0.05, 0.1) is 22.9 Å². The van der Waals surface area contributed by atoms with Gasteiger partial charge in [-0.05, 0) is 54.5 Å². The zero-order valence-electron chi connectivity index (χ0n) is 13.9. The molecule has 0 aliphatic carbocycles. The lowest BCUT2D eigenvalue weighted by molar-refractivity contribution is 0.476. The maximum absolute atomic E-state index is 10.5. The molecule has 26 heavy (non-hydrogen) atoms. The van der Waals surface area contributed by atoms with E-state index in [9.17, 15) is 10.4 Å². The van der Waals surface area contributed by atoms with E-state index in [1.54, 1.807) is 10.6 Å². The van der Waals surface area contributed by atoms with Crippen LogP contribution in [-0.2, 0) is 6.42 Å². The van der Waals surface area contributed by atoms with Gasteiger partial charge in [-0.1, -0.05) is 13.0 Å². The summed E-state index contributed by atoms with van der Waals surface area (Å²) in [5.74, 6) is 0.496. The van der Waals surface area contributed by atoms with Crippen molar-refractivity contribution in [3.8, 4) is 28.9 Å². The fraction of sp³-hybridized carbons (Fsp3) is 0.105. The summed E-state index contributed by atoms with van der Waals surface area (Å²) in [6, 6.07) is 13.2. The van der Waals surface area contributed by atoms with Crippen molar-refractivity contribution in [1.29, 1.82) is 5.26 Å². The average Bonchev–Trinajstić information content (AvgIpc) is 3.27. The van der Waals surface area contributed by atoms with Crippen molar-refractivity contribution >= 4 is 23.1 Å². The Morgan fingerprint density at radius 3 is 2.92 bits per heavy atom. The van der Waals surface area contributed by atoms with Crippen LogP contribution in [0.25, 0.3) is 28.0 Å². The van der Waals surface area contributed by atoms with Crippen LogP contribution in [0.4, 0.5) is 0 Å². The Labute approximate surface area is 154 Å². The molecule has 0 spiro atoms. The van der Waals surface area contributed by atoms with Crippen molar-refractivity contribution in [3.05, 3.63) is 58.5 Å². The molecule has 7 heteroatoms. The van der Waals surface area contributed by atoms with E-state index in [1.807, 2.05) is 37.4 Å². The lowest BCUT2D eigenvalue weighted by Gasteiger charge is -2.11. The molecule has 4 aromatic rings. The van der Waals surface area contributed by atoms with Gasteiger partial charge >= 0.3 is 0 Å². The molecule has 0 amide bonds. The van der Waals surface area contributed by atoms with Gasteiger partial charge < -0.3 is 10.1 Å². The molecule has 0 atom stereocenters. The molecule has 0 saturated heterocycles. The molecule has 0 unspecified atom stereocenters. The Morgan fingerprint density at radius 1 is 1.31 bits per heavy atom. The summed E-state index contributed by atoms with van der Waals surface area (Å²) in [5, 5.41) is 27.9. The molecule has 2 heterocycles. The predicted molar refractivity (Wildman–Crippen MR) is 102 cm³/mol. The topological polar surface area (TPSA) is 93.4 Å². The second-order valence-corrected chi connectivity index (χ2v) is 6.28. The van der Waals surface area contributed by atoms with Crippen LogP contribution in [0.1, 0.15) is 18.1 Å². The predicted octanol–water partition coefficient (Wildman–Crippen LogP) is 4.22. The molecule has 4 rings (SSSR count). The Kier molecular flexibility index (Phi) is 3.82. The average molecular weight is 361 g/mol. The SMILES string of the molecule is CCc1cc(-c2n[nH]c(=S)n2-c2cccc3[nH]ccc23)c(O)cc1C#N. The van der Waals surface area contributed by atoms with E-state index >= 15 is 0 Å². The number of nitrogens with one attached hydrogen (secondary N) is 2. The van der Waals surface area contributed by atoms with Gasteiger partial charge in [0.15, 0.2) is 10.6 Å². The van der Waals surface area contributed by atoms with Crippen LogP contribution in [0.2, 0.25) is 0 Å². The summed E-state index contributed by atoms with van der Waals surface area (Å²) in [7, 11) is 0. The van der Waals surface area contributed by atoms with Gasteiger partial charge in [-0.2, -0.15) is 10.4 Å². The zero-order chi connectivity index (χ0) is 18.3. The van der Waals surface area contributed by atoms with Gasteiger partial charge in [-0.25, -0.2) is 0 Å². The largest absolute Gasteiger partial charge is 0.507 e. The third-order valence-electron chi connectivity index (χ3n) is 4.45. The quantitative estimate of drug-likeness (QED) is 0.476. The van der Waals surface area contributed by atoms with E-state index in [-0.39, 0.29) is 5.75 Å². The Bertz CT molecular complexity index is 1220. The second-order valence-electron chi connectivity index (χ2n) is 5.90. The van der Waals surface area contributed by atoms with Crippen molar-refractivity contribution in [3.63, 3.8) is 0 Å². The minimum absolute atomic E-state index is 0.00440. The summed E-state index contributed by atoms with van der Waals surface area (Å²) >= 11 is 5.45. The molecule has 3 N–H and O–H groups in total. The number of phenols is 1. The fourth-order valence-electron chi connectivity index (χ4n) is 3.17. The van der Waals surface area contributed by atoms with Crippen molar-refractivity contribution in [2.45, 2.75) is 13.3 Å². The van der Waals surface area contributed by atoms with Crippen LogP contribution in [0.5, 0.6) is 5.75 Å². The van der Waals surface area contributed by atoms with Crippen molar-refractivity contribution < 1.29 is 5.11 Å². The molecule has 0 fully saturated rings. The van der Waals surface area contributed by atoms with Gasteiger partial charge in [0, 0.05) is 17.1 Å². The first-order chi connectivity index (χ1) is 12.6. The van der Waals surface area contributed by atoms with E-state index < -0.39 is 0 Å². The lowest BCUT2D eigenvalue weighted by atomic mass is 10.0. The number of rotatable bonds is 3. The molecule has 2 aromatic carbocycles. The molecule has 0 radical (unpaired) electrons. The minimum atomic E-state index is -0.00440. The maximum atomic E-state index is 10.5. The molecule has 6 nitrogen and oxygen atoms in total. The zero-order valence-corrected chi connectivity index (χ0v) is 14.8. The van der Waals surface area contributed by atoms with Crippen LogP contribution < -0.4 is 0 Å². The van der Waals surface area contributed by atoms with Crippen molar-refractivity contribution in [2.75, 3.05) is 0 Å². The number of nitriles is 1. The second kappa shape index (κ2) is 6.17. The highest BCUT2D eigenvalue weighted by Gasteiger charge is 2.18. The number of phenolic OH excluding ortho intramolecular Hbond substituents is 1. The Morgan fingerprint density at radius 2 is 2.15 bits per heavy atom. The smallest absolute Gasteiger partial charge is 0.200 e. The number of hydrogen-bond donors (Lipinski definition) is 3. The summed E-state index contributed by atoms with van der Waals surface area (Å²) in [6.07, 6.45) is 2.54. The third kappa shape index (κ3) is 2.39. The highest BCUT2D eigenvalue weighted by molar-refractivity contribution is 7.71. The van der Waals surface area contributed by atoms with E-state index in [4.69, 9.17) is 12.2 Å². The van der Waals surface area contributed by atoms with E-state index in [2.05, 4.69) is 21.3 Å². The van der Waals surface area contributed by atoms with E-state index in [0.29, 0.717) is 28.1 Å². The monoisotopic (exact) mass is 361 g/mol. The number of hydrogen-bond acceptors (Lipinski definition) is 4. The molecule has 0 aliphatic heterocycles. The number of H-pyrrole nitrogens is 2. The van der Waals surface area contributed by atoms with Gasteiger partial charge in [0.1, 0.15) is 5.75 Å². The maximum Gasteiger partial charge on any atom is 0.200 e. The van der Waals surface area contributed by atoms with Crippen LogP contribution >= 0.6 is 12.2 Å². The number of benzene rings is 2. The van der Waals surface area contributed by atoms with Crippen molar-refractivity contribution in [1.82, 2.24) is 19.7 Å². The van der Waals surface area contributed by atoms with Crippen LogP contribution in [-0.4, -0.2) is 24.9 Å². The first kappa shape index (κ1) is 16.1. The highest BCUT2D eigenvalue weighted by Crippen LogP contribution is 2.34. The minimum Gasteiger partial charge on any atom is -0.507 e. The van der Waals surface area contributed by atoms with Crippen molar-refractivity contribution in [2.24, 2.45) is 0 Å². The molecular weight excluding hydrogens is 346 g/mol. The summed E-state index contributed by atoms with van der Waals surface area (Å²) in [6.45, 7) is 1.97. The number of aromatic nitrogens is 4. The van der Waals surface area contributed by atoms with Gasteiger partial charge in [-0.15, -0.1) is 0 Å². The Hall–Kier alpha value is -3.37. The van der Waals surface area contributed by atoms with Gasteiger partial charge in [0.25, 0.3) is 0 Å². The standard InChI is InChI=1S/C19H15N5OS/c1-2-11-8-14(17(25)9-12(11)10-20)18-22-23-19(26)24(18)16-5-3-4-15-13(16)6-7-21-15/h3-9,21,25H,2H2,1H3,(H,23,26). The fourth-order valence-corrected chi connectivity index (χ4v) is 3.40. The lowest BCUT2D eigenvalue weighted by Crippen LogP contribution is -2.00. The molecule has 128 valence electrons. The first-order valence-electron chi connectivity index (χ1n) is 8.14. The number of nitrogens with zero attached hydrogens (tertiary/aromatic N) is 3. The highest BCUT2D eigenvalue weighted by atomic mass is 32.1. The number of fused-ring (bicyclic) bond motifs is 1. The number of aryl methyl sites for hydroxylation is 1. The first-order valence-corrected chi connectivity index (χ1v) is 8.55. The van der Waals surface area contributed by atoms with E-state index in [0.717, 1.165) is 22.2 Å². The van der Waals surface area contributed by atoms with E-state index in [1.165, 1.54) is 6.07 Å². The number of aromatic hydroxyl groups is 1. The van der Waals surface area contributed by atoms with Crippen LogP contribution in [0.15, 0.2) is 42.6 Å². The molecule has 2 aromatic heterocycles. The summed E-state index contributed by atoms with van der Waals surface area (Å²) in [4.78, 5) is 3.18. The molecule has 0 bridgehead atoms. The van der Waals surface area contributed by atoms with Gasteiger partial charge in [-0.3, -0.25) is 9.67 Å².